The normalized spacial score (nSPS) is 44.3. The summed E-state index contributed by atoms with van der Waals surface area (Å²) >= 11 is 0. The Kier molecular flexibility index (Phi) is 8.72. The number of hydrogen-bond donors (Lipinski definition) is 7. The first-order valence-electron chi connectivity index (χ1n) is 9.45. The van der Waals surface area contributed by atoms with Crippen molar-refractivity contribution in [2.45, 2.75) is 81.7 Å². The van der Waals surface area contributed by atoms with Gasteiger partial charge in [-0.15, -0.1) is 0 Å². The topological polar surface area (TPSA) is 196 Å². The van der Waals surface area contributed by atoms with E-state index >= 15 is 0 Å². The number of esters is 1. The Morgan fingerprint density at radius 1 is 0.862 bits per heavy atom. The van der Waals surface area contributed by atoms with Gasteiger partial charge in [0.15, 0.2) is 18.7 Å². The van der Waals surface area contributed by atoms with Crippen LogP contribution in [0.25, 0.3) is 0 Å². The predicted molar refractivity (Wildman–Crippen MR) is 91.9 cm³/mol. The summed E-state index contributed by atoms with van der Waals surface area (Å²) in [5.74, 6) is -1.18. The van der Waals surface area contributed by atoms with Crippen molar-refractivity contribution >= 4 is 5.97 Å². The Labute approximate surface area is 167 Å². The van der Waals surface area contributed by atoms with E-state index in [1.807, 2.05) is 0 Å². The number of aliphatic hydroxyl groups is 7. The lowest BCUT2D eigenvalue weighted by Gasteiger charge is -2.45. The van der Waals surface area contributed by atoms with Gasteiger partial charge < -0.3 is 54.7 Å². The molecule has 170 valence electrons. The maximum atomic E-state index is 12.1. The Morgan fingerprint density at radius 2 is 1.38 bits per heavy atom. The Morgan fingerprint density at radius 3 is 1.90 bits per heavy atom. The van der Waals surface area contributed by atoms with Crippen LogP contribution in [-0.2, 0) is 23.7 Å². The second kappa shape index (κ2) is 10.4. The number of hydrogen-bond acceptors (Lipinski definition) is 12. The Bertz CT molecular complexity index is 531. The molecule has 0 spiro atoms. The smallest absolute Gasteiger partial charge is 0.309 e. The second-order valence-electron chi connectivity index (χ2n) is 7.25. The molecule has 0 aromatic carbocycles. The molecule has 2 rings (SSSR count). The molecule has 0 radical (unpaired) electrons. The van der Waals surface area contributed by atoms with Crippen LogP contribution in [-0.4, -0.2) is 116 Å². The highest BCUT2D eigenvalue weighted by molar-refractivity contribution is 5.72. The van der Waals surface area contributed by atoms with E-state index in [9.17, 15) is 40.5 Å². The lowest BCUT2D eigenvalue weighted by atomic mass is 9.97. The molecule has 2 aliphatic rings. The van der Waals surface area contributed by atoms with Crippen LogP contribution in [0.5, 0.6) is 0 Å². The van der Waals surface area contributed by atoms with Gasteiger partial charge in [-0.25, -0.2) is 0 Å². The van der Waals surface area contributed by atoms with Gasteiger partial charge in [-0.2, -0.15) is 0 Å². The van der Waals surface area contributed by atoms with E-state index < -0.39 is 86.5 Å². The minimum atomic E-state index is -1.76. The quantitative estimate of drug-likeness (QED) is 0.196. The molecular formula is C17H30O12. The molecule has 12 nitrogen and oxygen atoms in total. The van der Waals surface area contributed by atoms with Crippen LogP contribution in [0.2, 0.25) is 0 Å². The first-order valence-corrected chi connectivity index (χ1v) is 9.45. The average molecular weight is 426 g/mol. The molecule has 2 fully saturated rings. The number of aliphatic hydroxyl groups excluding tert-OH is 7. The number of carbonyl (C=O) groups is 1. The van der Waals surface area contributed by atoms with Crippen LogP contribution >= 0.6 is 0 Å². The number of carbonyl (C=O) groups excluding carboxylic acids is 1. The third-order valence-corrected chi connectivity index (χ3v) is 5.21. The summed E-state index contributed by atoms with van der Waals surface area (Å²) < 4.78 is 21.0. The van der Waals surface area contributed by atoms with Crippen molar-refractivity contribution in [1.29, 1.82) is 0 Å². The van der Waals surface area contributed by atoms with Crippen molar-refractivity contribution in [2.75, 3.05) is 13.2 Å². The Balaban J connectivity index is 2.15. The van der Waals surface area contributed by atoms with E-state index in [1.165, 1.54) is 0 Å². The molecule has 2 heterocycles. The van der Waals surface area contributed by atoms with Gasteiger partial charge in [0, 0.05) is 0 Å². The highest BCUT2D eigenvalue weighted by Gasteiger charge is 2.51. The maximum Gasteiger partial charge on any atom is 0.309 e. The van der Waals surface area contributed by atoms with Crippen LogP contribution < -0.4 is 0 Å². The summed E-state index contributed by atoms with van der Waals surface area (Å²) in [6.07, 6.45) is -15.2. The van der Waals surface area contributed by atoms with Crippen molar-refractivity contribution < 1.29 is 59.5 Å². The molecule has 1 unspecified atom stereocenters. The van der Waals surface area contributed by atoms with E-state index in [2.05, 4.69) is 0 Å². The zero-order valence-electron chi connectivity index (χ0n) is 16.1. The molecule has 7 N–H and O–H groups in total. The summed E-state index contributed by atoms with van der Waals surface area (Å²) in [7, 11) is 0. The molecule has 2 aliphatic heterocycles. The Hall–Kier alpha value is -0.930. The highest BCUT2D eigenvalue weighted by atomic mass is 16.8. The van der Waals surface area contributed by atoms with Crippen LogP contribution in [0, 0.1) is 5.92 Å². The van der Waals surface area contributed by atoms with E-state index in [1.54, 1.807) is 13.8 Å². The van der Waals surface area contributed by atoms with Gasteiger partial charge in [-0.1, -0.05) is 13.8 Å². The maximum absolute atomic E-state index is 12.1. The van der Waals surface area contributed by atoms with Crippen LogP contribution in [0.15, 0.2) is 0 Å². The molecular weight excluding hydrogens is 396 g/mol. The van der Waals surface area contributed by atoms with Gasteiger partial charge >= 0.3 is 5.97 Å². The fourth-order valence-corrected chi connectivity index (χ4v) is 3.03. The third kappa shape index (κ3) is 5.22. The average Bonchev–Trinajstić information content (AvgIpc) is 2.72. The van der Waals surface area contributed by atoms with Gasteiger partial charge in [-0.05, 0) is 6.42 Å². The van der Waals surface area contributed by atoms with Gasteiger partial charge in [0.25, 0.3) is 0 Å². The van der Waals surface area contributed by atoms with Gasteiger partial charge in [-0.3, -0.25) is 4.79 Å². The molecule has 11 atom stereocenters. The van der Waals surface area contributed by atoms with Gasteiger partial charge in [0.05, 0.1) is 19.1 Å². The lowest BCUT2D eigenvalue weighted by molar-refractivity contribution is -0.376. The van der Waals surface area contributed by atoms with E-state index in [-0.39, 0.29) is 0 Å². The predicted octanol–water partition coefficient (Wildman–Crippen LogP) is -3.80. The van der Waals surface area contributed by atoms with E-state index in [4.69, 9.17) is 18.9 Å². The van der Waals surface area contributed by atoms with Gasteiger partial charge in [0.1, 0.15) is 42.7 Å². The molecule has 0 aliphatic carbocycles. The first kappa shape index (κ1) is 24.3. The fraction of sp³-hybridized carbons (Fsp3) is 0.941. The minimum absolute atomic E-state index is 0.461. The van der Waals surface area contributed by atoms with Crippen LogP contribution in [0.4, 0.5) is 0 Å². The van der Waals surface area contributed by atoms with E-state index in [0.717, 1.165) is 0 Å². The molecule has 0 aromatic rings. The fourth-order valence-electron chi connectivity index (χ4n) is 3.03. The SMILES string of the molecule is CCC(C)C(=O)O[C@H]1[C@H](O)[C@H](O[C@@H]2O[C@@H](CO)[C@H](O)[C@@H](O)[C@@H]2O)O[C@@H](CO)[C@@H]1O. The van der Waals surface area contributed by atoms with Crippen molar-refractivity contribution in [1.82, 2.24) is 0 Å². The minimum Gasteiger partial charge on any atom is -0.456 e. The largest absolute Gasteiger partial charge is 0.456 e. The highest BCUT2D eigenvalue weighted by Crippen LogP contribution is 2.29. The molecule has 0 bridgehead atoms. The van der Waals surface area contributed by atoms with Crippen LogP contribution in [0.3, 0.4) is 0 Å². The molecule has 0 amide bonds. The zero-order chi connectivity index (χ0) is 21.9. The lowest BCUT2D eigenvalue weighted by Crippen LogP contribution is -2.64. The van der Waals surface area contributed by atoms with Crippen molar-refractivity contribution in [3.05, 3.63) is 0 Å². The summed E-state index contributed by atoms with van der Waals surface area (Å²) in [5, 5.41) is 69.2. The number of rotatable bonds is 7. The third-order valence-electron chi connectivity index (χ3n) is 5.21. The van der Waals surface area contributed by atoms with E-state index in [0.29, 0.717) is 6.42 Å². The zero-order valence-corrected chi connectivity index (χ0v) is 16.1. The van der Waals surface area contributed by atoms with Gasteiger partial charge in [0.2, 0.25) is 0 Å². The molecule has 0 aromatic heterocycles. The van der Waals surface area contributed by atoms with Crippen molar-refractivity contribution in [3.63, 3.8) is 0 Å². The summed E-state index contributed by atoms with van der Waals surface area (Å²) in [5.41, 5.74) is 0. The molecule has 0 saturated carbocycles. The number of ether oxygens (including phenoxy) is 4. The summed E-state index contributed by atoms with van der Waals surface area (Å²) in [4.78, 5) is 12.1. The summed E-state index contributed by atoms with van der Waals surface area (Å²) in [6, 6.07) is 0. The first-order chi connectivity index (χ1) is 13.7. The van der Waals surface area contributed by atoms with Crippen LogP contribution in [0.1, 0.15) is 20.3 Å². The van der Waals surface area contributed by atoms with Crippen molar-refractivity contribution in [2.24, 2.45) is 5.92 Å². The molecule has 29 heavy (non-hydrogen) atoms. The standard InChI is InChI=1S/C17H30O12/c1-3-6(2)15(25)28-14-10(21)8(5-19)27-17(13(14)24)29-16-12(23)11(22)9(20)7(4-18)26-16/h6-14,16-24H,3-5H2,1-2H3/t6?,7-,8-,9-,10-,11+,12-,13-,14+,16-,17-/m0/s1. The molecule has 12 heteroatoms. The molecule has 2 saturated heterocycles. The summed E-state index contributed by atoms with van der Waals surface area (Å²) in [6.45, 7) is 1.97. The second-order valence-corrected chi connectivity index (χ2v) is 7.25. The van der Waals surface area contributed by atoms with Crippen molar-refractivity contribution in [3.8, 4) is 0 Å². The monoisotopic (exact) mass is 426 g/mol.